The Morgan fingerprint density at radius 3 is 2.84 bits per heavy atom. The van der Waals surface area contributed by atoms with E-state index < -0.39 is 12.2 Å². The van der Waals surface area contributed by atoms with Gasteiger partial charge in [0.05, 0.1) is 18.9 Å². The number of likely N-dealkylation sites (tertiary alicyclic amines) is 1. The first-order valence-corrected chi connectivity index (χ1v) is 8.06. The monoisotopic (exact) mass is 348 g/mol. The van der Waals surface area contributed by atoms with Crippen LogP contribution in [-0.4, -0.2) is 57.5 Å². The first-order chi connectivity index (χ1) is 12.0. The van der Waals surface area contributed by atoms with Crippen molar-refractivity contribution in [2.75, 3.05) is 19.6 Å². The Hall–Kier alpha value is -2.45. The Labute approximate surface area is 145 Å². The number of β-amino-alcohol motifs (C(OH)–C–C–N with tert-alkyl or cyclic N) is 1. The normalized spacial score (nSPS) is 20.6. The van der Waals surface area contributed by atoms with E-state index in [9.17, 15) is 14.3 Å². The summed E-state index contributed by atoms with van der Waals surface area (Å²) in [4.78, 5) is 13.9. The van der Waals surface area contributed by atoms with Crippen LogP contribution >= 0.6 is 0 Å². The van der Waals surface area contributed by atoms with Gasteiger partial charge in [-0.05, 0) is 17.7 Å². The molecule has 1 fully saturated rings. The molecule has 0 aliphatic carbocycles. The van der Waals surface area contributed by atoms with E-state index in [2.05, 4.69) is 10.4 Å². The lowest BCUT2D eigenvalue weighted by atomic mass is 10.2. The van der Waals surface area contributed by atoms with Crippen molar-refractivity contribution < 1.29 is 19.0 Å². The fourth-order valence-corrected chi connectivity index (χ4v) is 2.77. The molecule has 0 spiro atoms. The van der Waals surface area contributed by atoms with Gasteiger partial charge in [-0.15, -0.1) is 0 Å². The summed E-state index contributed by atoms with van der Waals surface area (Å²) in [6.07, 6.45) is 2.26. The van der Waals surface area contributed by atoms with Gasteiger partial charge in [0.2, 0.25) is 5.91 Å². The highest BCUT2D eigenvalue weighted by molar-refractivity contribution is 5.78. The number of carbonyl (C=O) groups is 1. The zero-order valence-electron chi connectivity index (χ0n) is 13.9. The molecule has 2 heterocycles. The molecule has 0 radical (unpaired) electrons. The highest BCUT2D eigenvalue weighted by Gasteiger charge is 2.34. The van der Waals surface area contributed by atoms with Crippen LogP contribution < -0.4 is 10.1 Å². The molecule has 1 aliphatic heterocycles. The molecule has 1 aromatic heterocycles. The molecular formula is C17H21FN4O3. The van der Waals surface area contributed by atoms with Crippen molar-refractivity contribution in [1.29, 1.82) is 0 Å². The van der Waals surface area contributed by atoms with Gasteiger partial charge >= 0.3 is 0 Å². The van der Waals surface area contributed by atoms with Crippen LogP contribution in [0.5, 0.6) is 5.75 Å². The molecule has 2 aromatic rings. The number of hydrogen-bond acceptors (Lipinski definition) is 5. The number of aliphatic hydroxyl groups excluding tert-OH is 1. The van der Waals surface area contributed by atoms with Gasteiger partial charge in [0, 0.05) is 26.7 Å². The quantitative estimate of drug-likeness (QED) is 0.785. The minimum atomic E-state index is -0.662. The number of aromatic nitrogens is 2. The minimum absolute atomic E-state index is 0.154. The molecule has 25 heavy (non-hydrogen) atoms. The van der Waals surface area contributed by atoms with Gasteiger partial charge in [-0.1, -0.05) is 12.1 Å². The number of amides is 1. The molecular weight excluding hydrogens is 327 g/mol. The van der Waals surface area contributed by atoms with E-state index in [1.807, 2.05) is 4.90 Å². The third kappa shape index (κ3) is 4.77. The number of hydrogen-bond donors (Lipinski definition) is 2. The third-order valence-electron chi connectivity index (χ3n) is 4.05. The van der Waals surface area contributed by atoms with Gasteiger partial charge in [-0.2, -0.15) is 5.10 Å². The highest BCUT2D eigenvalue weighted by atomic mass is 19.1. The molecule has 8 heteroatoms. The highest BCUT2D eigenvalue weighted by Crippen LogP contribution is 2.18. The van der Waals surface area contributed by atoms with Gasteiger partial charge in [-0.3, -0.25) is 14.4 Å². The van der Waals surface area contributed by atoms with Crippen molar-refractivity contribution in [3.63, 3.8) is 0 Å². The van der Waals surface area contributed by atoms with Crippen molar-refractivity contribution in [2.45, 2.75) is 18.8 Å². The second kappa shape index (κ2) is 7.62. The minimum Gasteiger partial charge on any atom is -0.483 e. The van der Waals surface area contributed by atoms with Crippen LogP contribution in [0.1, 0.15) is 5.56 Å². The fourth-order valence-electron chi connectivity index (χ4n) is 2.77. The van der Waals surface area contributed by atoms with Crippen molar-refractivity contribution in [3.8, 4) is 5.75 Å². The average molecular weight is 348 g/mol. The van der Waals surface area contributed by atoms with Crippen molar-refractivity contribution >= 4 is 5.91 Å². The maximum atomic E-state index is 12.9. The number of aryl methyl sites for hydroxylation is 1. The van der Waals surface area contributed by atoms with E-state index in [1.54, 1.807) is 36.3 Å². The largest absolute Gasteiger partial charge is 0.483 e. The van der Waals surface area contributed by atoms with Crippen molar-refractivity contribution in [2.24, 2.45) is 7.05 Å². The van der Waals surface area contributed by atoms with Crippen LogP contribution in [0.4, 0.5) is 4.39 Å². The zero-order valence-corrected chi connectivity index (χ0v) is 13.9. The van der Waals surface area contributed by atoms with Crippen molar-refractivity contribution in [1.82, 2.24) is 20.0 Å². The maximum Gasteiger partial charge on any atom is 0.234 e. The molecule has 134 valence electrons. The van der Waals surface area contributed by atoms with Gasteiger partial charge in [-0.25, -0.2) is 4.39 Å². The van der Waals surface area contributed by atoms with Crippen LogP contribution in [0.3, 0.4) is 0 Å². The van der Waals surface area contributed by atoms with Gasteiger partial charge < -0.3 is 15.2 Å². The van der Waals surface area contributed by atoms with Gasteiger partial charge in [0.25, 0.3) is 0 Å². The summed E-state index contributed by atoms with van der Waals surface area (Å²) in [5.74, 6) is 0.133. The number of nitrogens with zero attached hydrogens (tertiary/aromatic N) is 3. The van der Waals surface area contributed by atoms with Gasteiger partial charge in [0.15, 0.2) is 5.75 Å². The summed E-state index contributed by atoms with van der Waals surface area (Å²) >= 11 is 0. The van der Waals surface area contributed by atoms with E-state index in [1.165, 1.54) is 12.1 Å². The van der Waals surface area contributed by atoms with Crippen LogP contribution in [-0.2, 0) is 18.4 Å². The maximum absolute atomic E-state index is 12.9. The smallest absolute Gasteiger partial charge is 0.234 e. The topological polar surface area (TPSA) is 79.6 Å². The lowest BCUT2D eigenvalue weighted by molar-refractivity contribution is -0.122. The first-order valence-electron chi connectivity index (χ1n) is 8.06. The Morgan fingerprint density at radius 1 is 1.40 bits per heavy atom. The number of benzene rings is 1. The molecule has 2 N–H and O–H groups in total. The zero-order chi connectivity index (χ0) is 17.8. The molecule has 3 rings (SSSR count). The number of halogens is 1. The summed E-state index contributed by atoms with van der Waals surface area (Å²) < 4.78 is 20.2. The van der Waals surface area contributed by atoms with E-state index in [0.717, 1.165) is 5.56 Å². The molecule has 0 bridgehead atoms. The molecule has 1 aliphatic rings. The second-order valence-electron chi connectivity index (χ2n) is 6.17. The molecule has 0 unspecified atom stereocenters. The Kier molecular flexibility index (Phi) is 5.30. The van der Waals surface area contributed by atoms with E-state index in [0.29, 0.717) is 25.4 Å². The van der Waals surface area contributed by atoms with Crippen LogP contribution in [0, 0.1) is 5.82 Å². The summed E-state index contributed by atoms with van der Waals surface area (Å²) in [6, 6.07) is 5.98. The summed E-state index contributed by atoms with van der Waals surface area (Å²) in [7, 11) is 1.79. The average Bonchev–Trinajstić information content (AvgIpc) is 3.13. The number of rotatable bonds is 6. The summed E-state index contributed by atoms with van der Waals surface area (Å²) in [6.45, 7) is 1.34. The Morgan fingerprint density at radius 2 is 2.16 bits per heavy atom. The van der Waals surface area contributed by atoms with Crippen LogP contribution in [0.15, 0.2) is 36.7 Å². The van der Waals surface area contributed by atoms with E-state index in [4.69, 9.17) is 4.74 Å². The standard InChI is InChI=1S/C17H21FN4O3/c1-21-8-14(7-20-21)25-16-10-22(9-15(16)23)11-17(24)19-6-12-2-4-13(18)5-3-12/h2-5,7-8,15-16,23H,6,9-11H2,1H3,(H,19,24)/t15-,16-/m1/s1. The number of carbonyl (C=O) groups excluding carboxylic acids is 1. The molecule has 1 amide bonds. The molecule has 1 aromatic carbocycles. The summed E-state index contributed by atoms with van der Waals surface area (Å²) in [5.41, 5.74) is 0.828. The lowest BCUT2D eigenvalue weighted by Gasteiger charge is -2.16. The Balaban J connectivity index is 1.45. The van der Waals surface area contributed by atoms with Crippen LogP contribution in [0.2, 0.25) is 0 Å². The van der Waals surface area contributed by atoms with E-state index in [-0.39, 0.29) is 18.3 Å². The van der Waals surface area contributed by atoms with Gasteiger partial charge in [0.1, 0.15) is 18.0 Å². The molecule has 2 atom stereocenters. The van der Waals surface area contributed by atoms with Crippen molar-refractivity contribution in [3.05, 3.63) is 48.0 Å². The number of ether oxygens (including phenoxy) is 1. The number of aliphatic hydroxyl groups is 1. The predicted molar refractivity (Wildman–Crippen MR) is 88.3 cm³/mol. The molecule has 0 saturated carbocycles. The molecule has 1 saturated heterocycles. The first kappa shape index (κ1) is 17.4. The molecule has 7 nitrogen and oxygen atoms in total. The SMILES string of the molecule is Cn1cc(O[C@@H]2CN(CC(=O)NCc3ccc(F)cc3)C[C@H]2O)cn1. The van der Waals surface area contributed by atoms with Crippen LogP contribution in [0.25, 0.3) is 0 Å². The number of nitrogens with one attached hydrogen (secondary N) is 1. The third-order valence-corrected chi connectivity index (χ3v) is 4.05. The van der Waals surface area contributed by atoms with E-state index >= 15 is 0 Å². The fraction of sp³-hybridized carbons (Fsp3) is 0.412. The predicted octanol–water partition coefficient (Wildman–Crippen LogP) is 0.299. The Bertz CT molecular complexity index is 719. The second-order valence-corrected chi connectivity index (χ2v) is 6.17. The summed E-state index contributed by atoms with van der Waals surface area (Å²) in [5, 5.41) is 16.9. The lowest BCUT2D eigenvalue weighted by Crippen LogP contribution is -2.36.